The van der Waals surface area contributed by atoms with Crippen molar-refractivity contribution in [1.29, 1.82) is 0 Å². The number of carbonyl (C=O) groups is 1. The van der Waals surface area contributed by atoms with Gasteiger partial charge in [0.2, 0.25) is 0 Å². The minimum absolute atomic E-state index is 0.0853. The quantitative estimate of drug-likeness (QED) is 0.300. The number of nitrogens with one attached hydrogen (secondary N) is 1. The fraction of sp³-hybridized carbons (Fsp3) is 0.464. The summed E-state index contributed by atoms with van der Waals surface area (Å²) >= 11 is 0. The van der Waals surface area contributed by atoms with Crippen LogP contribution < -0.4 is 10.1 Å². The van der Waals surface area contributed by atoms with Crippen molar-refractivity contribution in [2.24, 2.45) is 7.05 Å². The number of rotatable bonds is 11. The van der Waals surface area contributed by atoms with Gasteiger partial charge in [-0.1, -0.05) is 12.1 Å². The molecule has 4 rings (SSSR count). The van der Waals surface area contributed by atoms with Crippen LogP contribution in [0.2, 0.25) is 0 Å². The molecule has 8 heteroatoms. The number of nitrogens with zero attached hydrogens (tertiary/aromatic N) is 3. The average molecular weight is 495 g/mol. The third kappa shape index (κ3) is 6.22. The number of aryl methyl sites for hydroxylation is 4. The number of carbonyl (C=O) groups excluding carboxylic acids is 1. The summed E-state index contributed by atoms with van der Waals surface area (Å²) in [5, 5.41) is 3.40. The molecule has 1 aromatic carbocycles. The lowest BCUT2D eigenvalue weighted by atomic mass is 9.94. The predicted octanol–water partition coefficient (Wildman–Crippen LogP) is 4.97. The maximum Gasteiger partial charge on any atom is 0.306 e. The highest BCUT2D eigenvalue weighted by Gasteiger charge is 2.25. The number of benzene rings is 1. The highest BCUT2D eigenvalue weighted by atomic mass is 19.1. The predicted molar refractivity (Wildman–Crippen MR) is 137 cm³/mol. The molecule has 0 saturated carbocycles. The second-order valence-corrected chi connectivity index (χ2v) is 9.20. The second-order valence-electron chi connectivity index (χ2n) is 9.20. The maximum atomic E-state index is 14.5. The van der Waals surface area contributed by atoms with E-state index in [4.69, 9.17) is 19.4 Å². The van der Waals surface area contributed by atoms with Gasteiger partial charge in [0.05, 0.1) is 31.7 Å². The van der Waals surface area contributed by atoms with E-state index in [0.717, 1.165) is 62.3 Å². The third-order valence-electron chi connectivity index (χ3n) is 6.60. The van der Waals surface area contributed by atoms with E-state index in [2.05, 4.69) is 17.4 Å². The molecule has 1 aliphatic rings. The van der Waals surface area contributed by atoms with Crippen LogP contribution in [0, 0.1) is 5.82 Å². The van der Waals surface area contributed by atoms with Gasteiger partial charge >= 0.3 is 5.97 Å². The Morgan fingerprint density at radius 3 is 2.72 bits per heavy atom. The SMILES string of the molecule is CCOC(=O)CC(c1ccc(OC)c(F)c1)c1nc(CCCCc2ccc3c(n2)NCCC3)cn1C. The Balaban J connectivity index is 1.43. The molecule has 0 fully saturated rings. The van der Waals surface area contributed by atoms with Gasteiger partial charge in [-0.2, -0.15) is 0 Å². The summed E-state index contributed by atoms with van der Waals surface area (Å²) in [5.74, 6) is 0.689. The fourth-order valence-electron chi connectivity index (χ4n) is 4.75. The first-order valence-electron chi connectivity index (χ1n) is 12.7. The van der Waals surface area contributed by atoms with Crippen molar-refractivity contribution < 1.29 is 18.7 Å². The molecule has 1 atom stereocenters. The summed E-state index contributed by atoms with van der Waals surface area (Å²) < 4.78 is 26.6. The van der Waals surface area contributed by atoms with Crippen molar-refractivity contribution >= 4 is 11.8 Å². The topological polar surface area (TPSA) is 78.3 Å². The van der Waals surface area contributed by atoms with E-state index in [0.29, 0.717) is 18.0 Å². The van der Waals surface area contributed by atoms with Gasteiger partial charge in [0, 0.05) is 25.5 Å². The van der Waals surface area contributed by atoms with Crippen molar-refractivity contribution in [2.45, 2.75) is 57.8 Å². The van der Waals surface area contributed by atoms with Gasteiger partial charge in [-0.3, -0.25) is 4.79 Å². The molecule has 2 aromatic heterocycles. The summed E-state index contributed by atoms with van der Waals surface area (Å²) in [4.78, 5) is 22.0. The number of anilines is 1. The number of methoxy groups -OCH3 is 1. The van der Waals surface area contributed by atoms with Gasteiger partial charge in [0.1, 0.15) is 11.6 Å². The largest absolute Gasteiger partial charge is 0.494 e. The van der Waals surface area contributed by atoms with Crippen LogP contribution in [0.15, 0.2) is 36.5 Å². The normalized spacial score (nSPS) is 13.6. The molecule has 0 amide bonds. The minimum Gasteiger partial charge on any atom is -0.494 e. The van der Waals surface area contributed by atoms with Gasteiger partial charge in [0.15, 0.2) is 11.6 Å². The standard InChI is InChI=1S/C28H35FN4O3/c1-4-36-26(34)17-23(20-12-14-25(35-3)24(29)16-20)28-32-22(18-33(28)2)10-6-5-9-21-13-11-19-8-7-15-30-27(19)31-21/h11-14,16,18,23H,4-10,15,17H2,1-3H3,(H,30,31). The summed E-state index contributed by atoms with van der Waals surface area (Å²) in [7, 11) is 3.34. The van der Waals surface area contributed by atoms with Gasteiger partial charge in [-0.15, -0.1) is 0 Å². The van der Waals surface area contributed by atoms with E-state index >= 15 is 0 Å². The van der Waals surface area contributed by atoms with E-state index in [1.54, 1.807) is 19.1 Å². The summed E-state index contributed by atoms with van der Waals surface area (Å²) in [6.07, 6.45) is 8.06. The molecule has 0 aliphatic carbocycles. The van der Waals surface area contributed by atoms with E-state index in [-0.39, 0.29) is 18.1 Å². The number of halogens is 1. The van der Waals surface area contributed by atoms with Crippen LogP contribution >= 0.6 is 0 Å². The van der Waals surface area contributed by atoms with Crippen molar-refractivity contribution in [1.82, 2.24) is 14.5 Å². The van der Waals surface area contributed by atoms with Crippen molar-refractivity contribution in [2.75, 3.05) is 25.6 Å². The number of fused-ring (bicyclic) bond motifs is 1. The zero-order chi connectivity index (χ0) is 25.5. The summed E-state index contributed by atoms with van der Waals surface area (Å²) in [5.41, 5.74) is 4.03. The Morgan fingerprint density at radius 2 is 1.97 bits per heavy atom. The number of imidazole rings is 1. The van der Waals surface area contributed by atoms with E-state index < -0.39 is 11.7 Å². The lowest BCUT2D eigenvalue weighted by Crippen LogP contribution is -2.15. The van der Waals surface area contributed by atoms with Crippen molar-refractivity contribution in [3.63, 3.8) is 0 Å². The lowest BCUT2D eigenvalue weighted by molar-refractivity contribution is -0.143. The molecular formula is C28H35FN4O3. The maximum absolute atomic E-state index is 14.5. The van der Waals surface area contributed by atoms with Crippen LogP contribution in [0.4, 0.5) is 10.2 Å². The van der Waals surface area contributed by atoms with Crippen LogP contribution in [0.5, 0.6) is 5.75 Å². The molecule has 0 saturated heterocycles. The zero-order valence-corrected chi connectivity index (χ0v) is 21.3. The molecule has 3 heterocycles. The Morgan fingerprint density at radius 1 is 1.17 bits per heavy atom. The van der Waals surface area contributed by atoms with E-state index in [9.17, 15) is 9.18 Å². The number of hydrogen-bond donors (Lipinski definition) is 1. The number of ether oxygens (including phenoxy) is 2. The summed E-state index contributed by atoms with van der Waals surface area (Å²) in [6, 6.07) is 9.11. The molecule has 1 unspecified atom stereocenters. The molecule has 0 spiro atoms. The summed E-state index contributed by atoms with van der Waals surface area (Å²) in [6.45, 7) is 3.06. The molecule has 3 aromatic rings. The Kier molecular flexibility index (Phi) is 8.57. The monoisotopic (exact) mass is 494 g/mol. The number of aromatic nitrogens is 3. The Labute approximate surface area is 212 Å². The molecule has 36 heavy (non-hydrogen) atoms. The number of esters is 1. The van der Waals surface area contributed by atoms with E-state index in [1.807, 2.05) is 17.8 Å². The smallest absolute Gasteiger partial charge is 0.306 e. The fourth-order valence-corrected chi connectivity index (χ4v) is 4.75. The van der Waals surface area contributed by atoms with Gasteiger partial charge in [-0.05, 0) is 74.8 Å². The van der Waals surface area contributed by atoms with Gasteiger partial charge < -0.3 is 19.4 Å². The molecular weight excluding hydrogens is 459 g/mol. The molecule has 1 N–H and O–H groups in total. The number of unbranched alkanes of at least 4 members (excludes halogenated alkanes) is 1. The van der Waals surface area contributed by atoms with E-state index in [1.165, 1.54) is 18.7 Å². The second kappa shape index (κ2) is 12.0. The molecule has 1 aliphatic heterocycles. The average Bonchev–Trinajstić information content (AvgIpc) is 3.25. The first-order valence-corrected chi connectivity index (χ1v) is 12.7. The first kappa shape index (κ1) is 25.7. The van der Waals surface area contributed by atoms with Gasteiger partial charge in [-0.25, -0.2) is 14.4 Å². The molecule has 0 radical (unpaired) electrons. The van der Waals surface area contributed by atoms with Crippen LogP contribution in [-0.2, 0) is 35.8 Å². The first-order chi connectivity index (χ1) is 17.5. The van der Waals surface area contributed by atoms with Crippen LogP contribution in [-0.4, -0.2) is 40.8 Å². The minimum atomic E-state index is -0.468. The Hall–Kier alpha value is -3.42. The Bertz CT molecular complexity index is 1190. The number of hydrogen-bond acceptors (Lipinski definition) is 6. The molecule has 192 valence electrons. The van der Waals surface area contributed by atoms with Crippen LogP contribution in [0.3, 0.4) is 0 Å². The lowest BCUT2D eigenvalue weighted by Gasteiger charge is -2.17. The highest BCUT2D eigenvalue weighted by Crippen LogP contribution is 2.31. The van der Waals surface area contributed by atoms with Crippen molar-refractivity contribution in [3.05, 3.63) is 70.7 Å². The van der Waals surface area contributed by atoms with Crippen LogP contribution in [0.25, 0.3) is 0 Å². The van der Waals surface area contributed by atoms with Gasteiger partial charge in [0.25, 0.3) is 0 Å². The zero-order valence-electron chi connectivity index (χ0n) is 21.3. The van der Waals surface area contributed by atoms with Crippen molar-refractivity contribution in [3.8, 4) is 5.75 Å². The third-order valence-corrected chi connectivity index (χ3v) is 6.60. The number of pyridine rings is 1. The van der Waals surface area contributed by atoms with Crippen LogP contribution in [0.1, 0.15) is 66.9 Å². The highest BCUT2D eigenvalue weighted by molar-refractivity contribution is 5.71. The molecule has 0 bridgehead atoms. The molecule has 7 nitrogen and oxygen atoms in total.